The Morgan fingerprint density at radius 2 is 2.00 bits per heavy atom. The van der Waals surface area contributed by atoms with Crippen molar-refractivity contribution in [2.75, 3.05) is 32.9 Å². The first-order valence-electron chi connectivity index (χ1n) is 8.50. The molecule has 24 heavy (non-hydrogen) atoms. The van der Waals surface area contributed by atoms with Crippen LogP contribution in [0.3, 0.4) is 0 Å². The largest absolute Gasteiger partial charge is 0.463 e. The van der Waals surface area contributed by atoms with Crippen molar-refractivity contribution < 1.29 is 27.8 Å². The Balaban J connectivity index is 2.25. The van der Waals surface area contributed by atoms with Crippen LogP contribution < -0.4 is 0 Å². The van der Waals surface area contributed by atoms with Crippen LogP contribution in [0.4, 0.5) is 8.78 Å². The van der Waals surface area contributed by atoms with Crippen molar-refractivity contribution in [2.45, 2.75) is 52.0 Å². The Morgan fingerprint density at radius 3 is 2.54 bits per heavy atom. The maximum absolute atomic E-state index is 14.4. The summed E-state index contributed by atoms with van der Waals surface area (Å²) in [6.45, 7) is 6.81. The van der Waals surface area contributed by atoms with Crippen LogP contribution >= 0.6 is 0 Å². The second kappa shape index (κ2) is 6.67. The lowest BCUT2D eigenvalue weighted by Crippen LogP contribution is -2.78. The van der Waals surface area contributed by atoms with Crippen molar-refractivity contribution in [1.29, 1.82) is 0 Å². The molecule has 0 aromatic carbocycles. The maximum Gasteiger partial charge on any atom is 0.306 e. The summed E-state index contributed by atoms with van der Waals surface area (Å²) >= 11 is 0. The Kier molecular flexibility index (Phi) is 5.35. The summed E-state index contributed by atoms with van der Waals surface area (Å²) in [5.74, 6) is -3.96. The highest BCUT2D eigenvalue weighted by atomic mass is 19.3. The van der Waals surface area contributed by atoms with Crippen molar-refractivity contribution in [1.82, 2.24) is 4.90 Å². The number of esters is 1. The average molecular weight is 347 g/mol. The molecule has 3 heterocycles. The number of ketones is 1. The van der Waals surface area contributed by atoms with E-state index in [4.69, 9.17) is 9.47 Å². The minimum Gasteiger partial charge on any atom is -0.463 e. The van der Waals surface area contributed by atoms with Gasteiger partial charge in [-0.05, 0) is 26.2 Å². The number of carbonyl (C=O) groups is 2. The van der Waals surface area contributed by atoms with Crippen LogP contribution in [-0.2, 0) is 19.1 Å². The SMILES string of the molecule is CCOCC1(COC(=O)CC(C)C)C(=O)C2(C)CCN1CC2(F)F. The van der Waals surface area contributed by atoms with Gasteiger partial charge in [0.05, 0.1) is 18.6 Å². The minimum absolute atomic E-state index is 0.0387. The van der Waals surface area contributed by atoms with Gasteiger partial charge in [-0.15, -0.1) is 0 Å². The topological polar surface area (TPSA) is 55.8 Å². The number of fused-ring (bicyclic) bond motifs is 3. The van der Waals surface area contributed by atoms with Gasteiger partial charge >= 0.3 is 5.97 Å². The maximum atomic E-state index is 14.4. The molecule has 0 spiro atoms. The molecule has 3 rings (SSSR count). The first-order chi connectivity index (χ1) is 11.1. The number of nitrogens with zero attached hydrogens (tertiary/aromatic N) is 1. The van der Waals surface area contributed by atoms with Crippen LogP contribution in [0.15, 0.2) is 0 Å². The molecule has 0 radical (unpaired) electrons. The zero-order valence-electron chi connectivity index (χ0n) is 14.9. The summed E-state index contributed by atoms with van der Waals surface area (Å²) in [7, 11) is 0. The molecule has 0 saturated carbocycles. The van der Waals surface area contributed by atoms with Gasteiger partial charge in [-0.3, -0.25) is 14.5 Å². The van der Waals surface area contributed by atoms with Crippen molar-refractivity contribution in [3.05, 3.63) is 0 Å². The third-order valence-corrected chi connectivity index (χ3v) is 5.20. The fourth-order valence-corrected chi connectivity index (χ4v) is 3.56. The molecule has 0 N–H and O–H groups in total. The molecular formula is C17H27F2NO4. The van der Waals surface area contributed by atoms with E-state index < -0.39 is 35.2 Å². The van der Waals surface area contributed by atoms with Gasteiger partial charge in [-0.2, -0.15) is 0 Å². The molecule has 3 atom stereocenters. The van der Waals surface area contributed by atoms with E-state index in [0.717, 1.165) is 0 Å². The Morgan fingerprint density at radius 1 is 1.33 bits per heavy atom. The fourth-order valence-electron chi connectivity index (χ4n) is 3.56. The summed E-state index contributed by atoms with van der Waals surface area (Å²) < 4.78 is 39.4. The number of Topliss-reactive ketones (excluding diaryl/α,β-unsaturated/α-hetero) is 1. The fraction of sp³-hybridized carbons (Fsp3) is 0.882. The Bertz CT molecular complexity index is 511. The predicted molar refractivity (Wildman–Crippen MR) is 83.9 cm³/mol. The molecular weight excluding hydrogens is 320 g/mol. The molecule has 3 aliphatic rings. The highest BCUT2D eigenvalue weighted by Gasteiger charge is 2.70. The zero-order chi connectivity index (χ0) is 18.2. The zero-order valence-corrected chi connectivity index (χ0v) is 14.9. The van der Waals surface area contributed by atoms with Gasteiger partial charge in [0.2, 0.25) is 0 Å². The first kappa shape index (κ1) is 19.2. The molecule has 138 valence electrons. The van der Waals surface area contributed by atoms with Gasteiger partial charge in [0.1, 0.15) is 12.1 Å². The summed E-state index contributed by atoms with van der Waals surface area (Å²) in [6, 6.07) is 0. The van der Waals surface area contributed by atoms with Gasteiger partial charge in [0.25, 0.3) is 5.92 Å². The van der Waals surface area contributed by atoms with E-state index >= 15 is 0 Å². The van der Waals surface area contributed by atoms with Crippen molar-refractivity contribution in [3.63, 3.8) is 0 Å². The molecule has 3 unspecified atom stereocenters. The van der Waals surface area contributed by atoms with E-state index in [1.807, 2.05) is 13.8 Å². The lowest BCUT2D eigenvalue weighted by molar-refractivity contribution is -0.233. The number of halogens is 2. The lowest BCUT2D eigenvalue weighted by atomic mass is 9.62. The van der Waals surface area contributed by atoms with Crippen LogP contribution in [0.2, 0.25) is 0 Å². The van der Waals surface area contributed by atoms with Crippen LogP contribution in [-0.4, -0.2) is 61.0 Å². The summed E-state index contributed by atoms with van der Waals surface area (Å²) in [5, 5.41) is 0. The Hall–Kier alpha value is -1.08. The van der Waals surface area contributed by atoms with Crippen LogP contribution in [0.1, 0.15) is 40.5 Å². The standard InChI is InChI=1S/C17H27F2NO4/c1-5-23-10-16(11-24-13(21)8-12(2)3)14(22)15(4)6-7-20(16)9-17(15,18)19/h12H,5-11H2,1-4H3. The van der Waals surface area contributed by atoms with Gasteiger partial charge < -0.3 is 9.47 Å². The van der Waals surface area contributed by atoms with E-state index in [0.29, 0.717) is 13.2 Å². The quantitative estimate of drug-likeness (QED) is 0.662. The highest BCUT2D eigenvalue weighted by Crippen LogP contribution is 2.53. The smallest absolute Gasteiger partial charge is 0.306 e. The normalized spacial score (nSPS) is 34.6. The third-order valence-electron chi connectivity index (χ3n) is 5.20. The third kappa shape index (κ3) is 3.08. The van der Waals surface area contributed by atoms with E-state index in [2.05, 4.69) is 0 Å². The molecule has 0 aromatic rings. The summed E-state index contributed by atoms with van der Waals surface area (Å²) in [4.78, 5) is 26.3. The molecule has 5 nitrogen and oxygen atoms in total. The Labute approximate surface area is 141 Å². The second-order valence-corrected chi connectivity index (χ2v) is 7.46. The van der Waals surface area contributed by atoms with E-state index in [1.165, 1.54) is 11.8 Å². The monoisotopic (exact) mass is 347 g/mol. The van der Waals surface area contributed by atoms with Gasteiger partial charge in [-0.1, -0.05) is 13.8 Å². The molecule has 0 aromatic heterocycles. The number of hydrogen-bond donors (Lipinski definition) is 0. The molecule has 3 aliphatic heterocycles. The van der Waals surface area contributed by atoms with Gasteiger partial charge in [0, 0.05) is 19.6 Å². The van der Waals surface area contributed by atoms with E-state index in [9.17, 15) is 18.4 Å². The van der Waals surface area contributed by atoms with Crippen molar-refractivity contribution in [2.24, 2.45) is 11.3 Å². The van der Waals surface area contributed by atoms with Crippen LogP contribution in [0, 0.1) is 11.3 Å². The van der Waals surface area contributed by atoms with Crippen LogP contribution in [0.5, 0.6) is 0 Å². The molecule has 0 amide bonds. The van der Waals surface area contributed by atoms with E-state index in [-0.39, 0.29) is 32.0 Å². The average Bonchev–Trinajstić information content (AvgIpc) is 2.48. The van der Waals surface area contributed by atoms with Crippen molar-refractivity contribution >= 4 is 11.8 Å². The second-order valence-electron chi connectivity index (χ2n) is 7.46. The number of piperidine rings is 3. The molecule has 3 fully saturated rings. The van der Waals surface area contributed by atoms with E-state index in [1.54, 1.807) is 6.92 Å². The minimum atomic E-state index is -3.08. The first-order valence-corrected chi connectivity index (χ1v) is 8.50. The highest BCUT2D eigenvalue weighted by molar-refractivity contribution is 5.96. The molecule has 2 bridgehead atoms. The number of alkyl halides is 2. The number of carbonyl (C=O) groups excluding carboxylic acids is 2. The summed E-state index contributed by atoms with van der Waals surface area (Å²) in [6.07, 6.45) is 0.332. The van der Waals surface area contributed by atoms with Gasteiger partial charge in [0.15, 0.2) is 5.78 Å². The van der Waals surface area contributed by atoms with Crippen LogP contribution in [0.25, 0.3) is 0 Å². The molecule has 0 aliphatic carbocycles. The molecule has 7 heteroatoms. The van der Waals surface area contributed by atoms with Gasteiger partial charge in [-0.25, -0.2) is 8.78 Å². The number of hydrogen-bond acceptors (Lipinski definition) is 5. The number of ether oxygens (including phenoxy) is 2. The molecule has 3 saturated heterocycles. The van der Waals surface area contributed by atoms with Crippen molar-refractivity contribution in [3.8, 4) is 0 Å². The summed E-state index contributed by atoms with van der Waals surface area (Å²) in [5.41, 5.74) is -3.04. The predicted octanol–water partition coefficient (Wildman–Crippen LogP) is 2.28. The number of rotatable bonds is 7. The lowest BCUT2D eigenvalue weighted by Gasteiger charge is -2.59.